The monoisotopic (exact) mass is 298 g/mol. The smallest absolute Gasteiger partial charge is 0.311 e. The van der Waals surface area contributed by atoms with Crippen molar-refractivity contribution in [2.75, 3.05) is 0 Å². The molecular formula is C17H14O3S. The topological polar surface area (TPSA) is 43.4 Å². The number of esters is 1. The van der Waals surface area contributed by atoms with Crippen LogP contribution in [-0.2, 0) is 9.59 Å². The highest BCUT2D eigenvalue weighted by Gasteiger charge is 2.28. The van der Waals surface area contributed by atoms with Crippen LogP contribution < -0.4 is 4.74 Å². The van der Waals surface area contributed by atoms with Gasteiger partial charge < -0.3 is 4.74 Å². The molecular weight excluding hydrogens is 284 g/mol. The first kappa shape index (κ1) is 13.9. The van der Waals surface area contributed by atoms with Gasteiger partial charge in [0.05, 0.1) is 6.42 Å². The van der Waals surface area contributed by atoms with Crippen molar-refractivity contribution >= 4 is 22.8 Å². The van der Waals surface area contributed by atoms with E-state index < -0.39 is 0 Å². The van der Waals surface area contributed by atoms with Crippen molar-refractivity contribution in [3.63, 3.8) is 0 Å². The molecule has 0 radical (unpaired) electrons. The number of carbonyl (C=O) groups excluding carboxylic acids is 2. The van der Waals surface area contributed by atoms with Gasteiger partial charge in [-0.05, 0) is 23.8 Å². The van der Waals surface area contributed by atoms with Gasteiger partial charge in [-0.25, -0.2) is 0 Å². The average Bonchev–Trinajstić information content (AvgIpc) is 2.48. The molecule has 1 aliphatic heterocycles. The summed E-state index contributed by atoms with van der Waals surface area (Å²) >= 11 is 1.22. The average molecular weight is 298 g/mol. The van der Waals surface area contributed by atoms with Gasteiger partial charge in [-0.2, -0.15) is 0 Å². The number of carbonyl (C=O) groups is 2. The van der Waals surface area contributed by atoms with Gasteiger partial charge in [0.2, 0.25) is 0 Å². The summed E-state index contributed by atoms with van der Waals surface area (Å²) in [5.41, 5.74) is 0.944. The number of fused-ring (bicyclic) bond motifs is 1. The van der Waals surface area contributed by atoms with Gasteiger partial charge in [-0.1, -0.05) is 48.2 Å². The van der Waals surface area contributed by atoms with Crippen LogP contribution in [0.1, 0.15) is 24.3 Å². The fourth-order valence-corrected chi connectivity index (χ4v) is 3.27. The van der Waals surface area contributed by atoms with Crippen molar-refractivity contribution in [2.45, 2.75) is 23.7 Å². The molecule has 0 saturated carbocycles. The summed E-state index contributed by atoms with van der Waals surface area (Å²) in [5, 5.41) is 0.0655. The molecule has 106 valence electrons. The highest BCUT2D eigenvalue weighted by atomic mass is 32.2. The third-order valence-electron chi connectivity index (χ3n) is 3.38. The minimum Gasteiger partial charge on any atom is -0.426 e. The number of hydrogen-bond donors (Lipinski definition) is 0. The molecule has 0 spiro atoms. The lowest BCUT2D eigenvalue weighted by Crippen LogP contribution is -2.21. The molecule has 4 heteroatoms. The molecule has 0 bridgehead atoms. The Kier molecular flexibility index (Phi) is 4.06. The minimum absolute atomic E-state index is 0.0655. The summed E-state index contributed by atoms with van der Waals surface area (Å²) in [5.74, 6) is 0.221. The molecule has 3 rings (SSSR count). The third-order valence-corrected chi connectivity index (χ3v) is 4.29. The van der Waals surface area contributed by atoms with Crippen molar-refractivity contribution < 1.29 is 14.3 Å². The second kappa shape index (κ2) is 6.14. The zero-order chi connectivity index (χ0) is 14.7. The van der Waals surface area contributed by atoms with E-state index in [9.17, 15) is 9.59 Å². The highest BCUT2D eigenvalue weighted by Crippen LogP contribution is 2.37. The van der Waals surface area contributed by atoms with E-state index in [0.29, 0.717) is 12.2 Å². The van der Waals surface area contributed by atoms with E-state index in [0.717, 1.165) is 10.5 Å². The van der Waals surface area contributed by atoms with E-state index >= 15 is 0 Å². The van der Waals surface area contributed by atoms with Gasteiger partial charge >= 0.3 is 5.97 Å². The van der Waals surface area contributed by atoms with Crippen LogP contribution in [0.4, 0.5) is 0 Å². The largest absolute Gasteiger partial charge is 0.426 e. The predicted molar refractivity (Wildman–Crippen MR) is 81.4 cm³/mol. The van der Waals surface area contributed by atoms with Gasteiger partial charge in [-0.15, -0.1) is 0 Å². The number of benzene rings is 2. The Morgan fingerprint density at radius 2 is 1.81 bits per heavy atom. The first-order valence-corrected chi connectivity index (χ1v) is 7.59. The second-order valence-electron chi connectivity index (χ2n) is 4.90. The maximum Gasteiger partial charge on any atom is 0.311 e. The Morgan fingerprint density at radius 3 is 2.62 bits per heavy atom. The van der Waals surface area contributed by atoms with Crippen LogP contribution in [0.5, 0.6) is 5.75 Å². The Morgan fingerprint density at radius 1 is 1.10 bits per heavy atom. The molecule has 0 N–H and O–H groups in total. The maximum absolute atomic E-state index is 12.2. The molecule has 0 amide bonds. The van der Waals surface area contributed by atoms with Gasteiger partial charge in [0.1, 0.15) is 5.75 Å². The van der Waals surface area contributed by atoms with Gasteiger partial charge in [0.15, 0.2) is 5.12 Å². The van der Waals surface area contributed by atoms with Crippen molar-refractivity contribution in [2.24, 2.45) is 0 Å². The van der Waals surface area contributed by atoms with Crippen LogP contribution in [0.25, 0.3) is 0 Å². The maximum atomic E-state index is 12.2. The Labute approximate surface area is 127 Å². The van der Waals surface area contributed by atoms with Crippen molar-refractivity contribution in [3.8, 4) is 5.75 Å². The molecule has 1 atom stereocenters. The lowest BCUT2D eigenvalue weighted by Gasteiger charge is -2.23. The predicted octanol–water partition coefficient (Wildman–Crippen LogP) is 3.79. The Bertz CT molecular complexity index is 667. The summed E-state index contributed by atoms with van der Waals surface area (Å²) in [7, 11) is 0. The van der Waals surface area contributed by atoms with Crippen molar-refractivity contribution in [1.29, 1.82) is 0 Å². The van der Waals surface area contributed by atoms with Crippen LogP contribution in [0.2, 0.25) is 0 Å². The summed E-state index contributed by atoms with van der Waals surface area (Å²) in [6.45, 7) is 0. The molecule has 1 aliphatic rings. The van der Waals surface area contributed by atoms with Crippen LogP contribution >= 0.6 is 11.8 Å². The van der Waals surface area contributed by atoms with Crippen molar-refractivity contribution in [3.05, 3.63) is 60.2 Å². The zero-order valence-electron chi connectivity index (χ0n) is 11.3. The molecule has 0 aliphatic carbocycles. The Hall–Kier alpha value is -2.07. The highest BCUT2D eigenvalue weighted by molar-refractivity contribution is 8.13. The molecule has 0 aromatic heterocycles. The van der Waals surface area contributed by atoms with Gasteiger partial charge in [0.25, 0.3) is 0 Å². The van der Waals surface area contributed by atoms with E-state index in [-0.39, 0.29) is 23.4 Å². The summed E-state index contributed by atoms with van der Waals surface area (Å²) in [4.78, 5) is 24.8. The number of thioether (sulfide) groups is 1. The fourth-order valence-electron chi connectivity index (χ4n) is 2.43. The normalized spacial score (nSPS) is 17.0. The summed E-state index contributed by atoms with van der Waals surface area (Å²) < 4.78 is 5.20. The third kappa shape index (κ3) is 3.34. The quantitative estimate of drug-likeness (QED) is 0.491. The van der Waals surface area contributed by atoms with Crippen LogP contribution in [0.15, 0.2) is 59.5 Å². The molecule has 0 fully saturated rings. The molecule has 2 aromatic rings. The van der Waals surface area contributed by atoms with Gasteiger partial charge in [0, 0.05) is 17.2 Å². The van der Waals surface area contributed by atoms with E-state index in [1.165, 1.54) is 11.8 Å². The van der Waals surface area contributed by atoms with E-state index in [2.05, 4.69) is 0 Å². The van der Waals surface area contributed by atoms with E-state index in [4.69, 9.17) is 4.74 Å². The van der Waals surface area contributed by atoms with Crippen molar-refractivity contribution in [1.82, 2.24) is 0 Å². The molecule has 1 heterocycles. The van der Waals surface area contributed by atoms with Crippen LogP contribution in [0.3, 0.4) is 0 Å². The second-order valence-corrected chi connectivity index (χ2v) is 6.04. The molecule has 0 unspecified atom stereocenters. The summed E-state index contributed by atoms with van der Waals surface area (Å²) in [6.07, 6.45) is 0.601. The lowest BCUT2D eigenvalue weighted by molar-refractivity contribution is -0.136. The Balaban J connectivity index is 1.73. The molecule has 0 saturated heterocycles. The molecule has 2 aromatic carbocycles. The van der Waals surface area contributed by atoms with Gasteiger partial charge in [-0.3, -0.25) is 9.59 Å². The molecule has 3 nitrogen and oxygen atoms in total. The number of ether oxygens (including phenoxy) is 1. The van der Waals surface area contributed by atoms with Crippen LogP contribution in [-0.4, -0.2) is 11.1 Å². The first-order chi connectivity index (χ1) is 10.2. The fraction of sp³-hybridized carbons (Fsp3) is 0.176. The SMILES string of the molecule is O=C1C[C@H](CC(=O)Sc2ccccc2)c2ccccc2O1. The molecule has 21 heavy (non-hydrogen) atoms. The number of hydrogen-bond acceptors (Lipinski definition) is 4. The zero-order valence-corrected chi connectivity index (χ0v) is 12.1. The van der Waals surface area contributed by atoms with E-state index in [1.54, 1.807) is 6.07 Å². The van der Waals surface area contributed by atoms with Crippen LogP contribution in [0, 0.1) is 0 Å². The standard InChI is InChI=1S/C17H14O3S/c18-16-10-12(14-8-4-5-9-15(14)20-16)11-17(19)21-13-6-2-1-3-7-13/h1-9,12H,10-11H2/t12-/m1/s1. The first-order valence-electron chi connectivity index (χ1n) is 6.78. The summed E-state index contributed by atoms with van der Waals surface area (Å²) in [6, 6.07) is 17.0. The number of para-hydroxylation sites is 1. The number of rotatable bonds is 3. The minimum atomic E-state index is -0.267. The van der Waals surface area contributed by atoms with E-state index in [1.807, 2.05) is 48.5 Å². The lowest BCUT2D eigenvalue weighted by atomic mass is 9.90.